The summed E-state index contributed by atoms with van der Waals surface area (Å²) in [6.07, 6.45) is 0. The van der Waals surface area contributed by atoms with Crippen LogP contribution in [0.25, 0.3) is 0 Å². The van der Waals surface area contributed by atoms with Gasteiger partial charge in [0.1, 0.15) is 0 Å². The summed E-state index contributed by atoms with van der Waals surface area (Å²) < 4.78 is 34.2. The third-order valence-corrected chi connectivity index (χ3v) is 3.65. The molecule has 0 radical (unpaired) electrons. The second-order valence-corrected chi connectivity index (χ2v) is 5.88. The first kappa shape index (κ1) is 21.0. The van der Waals surface area contributed by atoms with Gasteiger partial charge in [-0.1, -0.05) is 6.92 Å². The zero-order chi connectivity index (χ0) is 15.5. The second kappa shape index (κ2) is 11.5. The van der Waals surface area contributed by atoms with Crippen LogP contribution in [0.1, 0.15) is 27.7 Å². The predicted molar refractivity (Wildman–Crippen MR) is 79.5 cm³/mol. The van der Waals surface area contributed by atoms with Gasteiger partial charge in [-0.15, -0.1) is 0 Å². The Kier molecular flexibility index (Phi) is 12.7. The quantitative estimate of drug-likeness (QED) is 0.249. The number of hydrogen-bond acceptors (Lipinski definition) is 5. The van der Waals surface area contributed by atoms with Gasteiger partial charge in [-0.3, -0.25) is 13.7 Å². The van der Waals surface area contributed by atoms with Gasteiger partial charge in [-0.05, 0) is 32.5 Å². The molecule has 0 saturated heterocycles. The second-order valence-electron chi connectivity index (χ2n) is 3.60. The highest BCUT2D eigenvalue weighted by atomic mass is 32.3. The third-order valence-electron chi connectivity index (χ3n) is 1.95. The Balaban J connectivity index is 0. The van der Waals surface area contributed by atoms with E-state index in [1.807, 2.05) is 11.8 Å². The highest BCUT2D eigenvalue weighted by Gasteiger charge is 2.15. The Morgan fingerprint density at radius 3 is 1.84 bits per heavy atom. The molecule has 0 spiro atoms. The monoisotopic (exact) mass is 314 g/mol. The molecular weight excluding hydrogens is 288 g/mol. The molecule has 0 aromatic heterocycles. The number of hydrogen-bond donors (Lipinski definition) is 0. The summed E-state index contributed by atoms with van der Waals surface area (Å²) in [5.74, 6) is 1.14. The molecule has 0 aliphatic carbocycles. The summed E-state index contributed by atoms with van der Waals surface area (Å²) in [7, 11) is -0.209. The van der Waals surface area contributed by atoms with Crippen molar-refractivity contribution in [2.45, 2.75) is 27.7 Å². The molecule has 0 amide bonds. The Labute approximate surface area is 121 Å². The molecule has 0 aliphatic heterocycles. The average Bonchev–Trinajstić information content (AvgIpc) is 2.28. The average molecular weight is 314 g/mol. The number of thioether (sulfide) groups is 1. The molecule has 6 nitrogen and oxygen atoms in total. The lowest BCUT2D eigenvalue weighted by molar-refractivity contribution is -0.466. The first-order valence-electron chi connectivity index (χ1n) is 6.25. The van der Waals surface area contributed by atoms with Crippen LogP contribution in [0.3, 0.4) is 0 Å². The van der Waals surface area contributed by atoms with Gasteiger partial charge in [0.25, 0.3) is 0 Å². The van der Waals surface area contributed by atoms with Crippen molar-refractivity contribution in [2.75, 3.05) is 39.5 Å². The Morgan fingerprint density at radius 2 is 1.68 bits per heavy atom. The summed E-state index contributed by atoms with van der Waals surface area (Å²) in [4.78, 5) is 2.38. The Morgan fingerprint density at radius 1 is 1.21 bits per heavy atom. The van der Waals surface area contributed by atoms with E-state index in [4.69, 9.17) is 0 Å². The number of nitrogens with zero attached hydrogens (tertiary/aromatic N) is 2. The lowest BCUT2D eigenvalue weighted by atomic mass is 10.6. The fourth-order valence-corrected chi connectivity index (χ4v) is 2.52. The van der Waals surface area contributed by atoms with E-state index in [0.717, 1.165) is 18.8 Å². The van der Waals surface area contributed by atoms with Crippen molar-refractivity contribution in [3.05, 3.63) is 0 Å². The fraction of sp³-hybridized carbons (Fsp3) is 0.909. The summed E-state index contributed by atoms with van der Waals surface area (Å²) in [5.41, 5.74) is 0. The van der Waals surface area contributed by atoms with Crippen LogP contribution in [0.4, 0.5) is 0 Å². The molecule has 0 aromatic carbocycles. The summed E-state index contributed by atoms with van der Waals surface area (Å²) in [6.45, 7) is 10.1. The molecule has 0 rings (SSSR count). The maximum atomic E-state index is 9.45. The van der Waals surface area contributed by atoms with Gasteiger partial charge < -0.3 is 4.55 Å². The highest BCUT2D eigenvalue weighted by Crippen LogP contribution is 2.07. The largest absolute Gasteiger partial charge is 0.726 e. The van der Waals surface area contributed by atoms with Gasteiger partial charge in [-0.25, -0.2) is 8.42 Å². The zero-order valence-corrected chi connectivity index (χ0v) is 14.3. The standard InChI is InChI=1S/C9H21N2S.C2H6O4S/c1-6-11(7-2)9(10(4)5)12-8-3;1-2-6-7(3,4)5/h6-8H2,1-5H3;2H2,1H3,(H,3,4,5)/q+1;/p-1. The molecule has 0 atom stereocenters. The van der Waals surface area contributed by atoms with Crippen molar-refractivity contribution in [3.63, 3.8) is 0 Å². The molecule has 0 aliphatic rings. The van der Waals surface area contributed by atoms with Crippen molar-refractivity contribution in [3.8, 4) is 0 Å². The molecule has 116 valence electrons. The minimum Gasteiger partial charge on any atom is -0.726 e. The fourth-order valence-electron chi connectivity index (χ4n) is 1.27. The molecule has 0 heterocycles. The summed E-state index contributed by atoms with van der Waals surface area (Å²) in [6, 6.07) is 0. The smallest absolute Gasteiger partial charge is 0.307 e. The van der Waals surface area contributed by atoms with Crippen LogP contribution >= 0.6 is 11.8 Å². The zero-order valence-electron chi connectivity index (χ0n) is 12.7. The van der Waals surface area contributed by atoms with Crippen LogP contribution in [0, 0.1) is 0 Å². The Hall–Kier alpha value is -0.310. The molecule has 0 saturated carbocycles. The van der Waals surface area contributed by atoms with Crippen molar-refractivity contribution in [1.29, 1.82) is 0 Å². The van der Waals surface area contributed by atoms with E-state index in [2.05, 4.69) is 48.5 Å². The summed E-state index contributed by atoms with van der Waals surface area (Å²) >= 11 is 1.91. The van der Waals surface area contributed by atoms with Gasteiger partial charge in [0.05, 0.1) is 33.8 Å². The maximum Gasteiger partial charge on any atom is 0.307 e. The predicted octanol–water partition coefficient (Wildman–Crippen LogP) is 1.19. The van der Waals surface area contributed by atoms with Crippen LogP contribution in [-0.2, 0) is 14.6 Å². The molecule has 8 heteroatoms. The highest BCUT2D eigenvalue weighted by molar-refractivity contribution is 8.13. The van der Waals surface area contributed by atoms with E-state index in [-0.39, 0.29) is 6.61 Å². The van der Waals surface area contributed by atoms with E-state index in [1.165, 1.54) is 12.1 Å². The van der Waals surface area contributed by atoms with Crippen LogP contribution in [0.2, 0.25) is 0 Å². The number of amidine groups is 1. The van der Waals surface area contributed by atoms with Crippen LogP contribution in [-0.4, -0.2) is 67.2 Å². The molecule has 0 unspecified atom stereocenters. The minimum atomic E-state index is -4.42. The van der Waals surface area contributed by atoms with Gasteiger partial charge in [0.15, 0.2) is 0 Å². The normalized spacial score (nSPS) is 10.5. The van der Waals surface area contributed by atoms with E-state index in [1.54, 1.807) is 0 Å². The molecule has 0 N–H and O–H groups in total. The Bertz CT molecular complexity index is 348. The van der Waals surface area contributed by atoms with Gasteiger partial charge >= 0.3 is 5.17 Å². The van der Waals surface area contributed by atoms with Crippen LogP contribution < -0.4 is 0 Å². The topological polar surface area (TPSA) is 72.7 Å². The molecule has 0 aromatic rings. The van der Waals surface area contributed by atoms with E-state index >= 15 is 0 Å². The molecule has 0 fully saturated rings. The van der Waals surface area contributed by atoms with Gasteiger partial charge in [0, 0.05) is 5.75 Å². The van der Waals surface area contributed by atoms with Crippen molar-refractivity contribution < 1.29 is 21.7 Å². The van der Waals surface area contributed by atoms with Crippen LogP contribution in [0.15, 0.2) is 0 Å². The lowest BCUT2D eigenvalue weighted by Gasteiger charge is -2.15. The first-order chi connectivity index (χ1) is 8.73. The summed E-state index contributed by atoms with van der Waals surface area (Å²) in [5, 5.41) is 1.38. The van der Waals surface area contributed by atoms with Gasteiger partial charge in [0.2, 0.25) is 10.4 Å². The van der Waals surface area contributed by atoms with Crippen molar-refractivity contribution in [2.24, 2.45) is 0 Å². The molecule has 0 bridgehead atoms. The van der Waals surface area contributed by atoms with Crippen molar-refractivity contribution in [1.82, 2.24) is 4.90 Å². The van der Waals surface area contributed by atoms with E-state index < -0.39 is 10.4 Å². The minimum absolute atomic E-state index is 0.0914. The number of rotatable bonds is 5. The maximum absolute atomic E-state index is 9.45. The first-order valence-corrected chi connectivity index (χ1v) is 8.57. The van der Waals surface area contributed by atoms with Crippen LogP contribution in [0.5, 0.6) is 0 Å². The van der Waals surface area contributed by atoms with E-state index in [0.29, 0.717) is 0 Å². The van der Waals surface area contributed by atoms with Crippen molar-refractivity contribution >= 4 is 27.3 Å². The lowest BCUT2D eigenvalue weighted by Crippen LogP contribution is -2.33. The van der Waals surface area contributed by atoms with Gasteiger partial charge in [-0.2, -0.15) is 0 Å². The SMILES string of the molecule is CCOS(=O)(=O)[O-].CCSC(N(CC)CC)=[N+](C)C. The molecule has 19 heavy (non-hydrogen) atoms. The molecular formula is C11H26N2O4S2. The van der Waals surface area contributed by atoms with E-state index in [9.17, 15) is 13.0 Å². The third kappa shape index (κ3) is 12.5.